The van der Waals surface area contributed by atoms with Gasteiger partial charge < -0.3 is 40.2 Å². The maximum Gasteiger partial charge on any atom is 0.424 e. The third-order valence-electron chi connectivity index (χ3n) is 7.76. The lowest BCUT2D eigenvalue weighted by Gasteiger charge is -2.33. The molecule has 11 nitrogen and oxygen atoms in total. The molecule has 4 rings (SSSR count). The zero-order valence-electron chi connectivity index (χ0n) is 27.3. The number of aromatic nitrogens is 1. The van der Waals surface area contributed by atoms with Crippen molar-refractivity contribution < 1.29 is 56.7 Å². The molecule has 0 saturated carbocycles. The van der Waals surface area contributed by atoms with Crippen molar-refractivity contribution in [2.45, 2.75) is 30.8 Å². The Morgan fingerprint density at radius 1 is 0.961 bits per heavy atom. The average molecular weight is 736 g/mol. The highest BCUT2D eigenvalue weighted by Gasteiger charge is 2.57. The second kappa shape index (κ2) is 16.4. The number of amides is 2. The Kier molecular flexibility index (Phi) is 12.5. The van der Waals surface area contributed by atoms with E-state index >= 15 is 0 Å². The van der Waals surface area contributed by atoms with Crippen LogP contribution in [0.4, 0.5) is 22.4 Å². The molecule has 1 heterocycles. The molecule has 2 unspecified atom stereocenters. The van der Waals surface area contributed by atoms with Crippen LogP contribution < -0.4 is 20.1 Å². The predicted octanol–water partition coefficient (Wildman–Crippen LogP) is 5.23. The number of aliphatic hydroxyl groups is 3. The van der Waals surface area contributed by atoms with E-state index in [1.54, 1.807) is 30.3 Å². The molecule has 2 atom stereocenters. The van der Waals surface area contributed by atoms with E-state index in [1.807, 2.05) is 0 Å². The van der Waals surface area contributed by atoms with Gasteiger partial charge in [0.25, 0.3) is 5.91 Å². The minimum Gasteiger partial charge on any atom is -0.493 e. The van der Waals surface area contributed by atoms with Crippen LogP contribution in [0.25, 0.3) is 11.3 Å². The molecule has 51 heavy (non-hydrogen) atoms. The standard InChI is InChI=1S/C35H34ClF4N3O8/c1-33(20-45,43-32(47)51-18-21-6-4-3-5-7-21)24-16-27(22-8-10-26(37)25(36)14-22)42-30(17-24)34(48,35(38,39)40)19-41-31(46)23-9-11-28(50-13-12-44)29(15-23)49-2/h3-11,14-17,44-45,48H,12-13,18-20H2,1-2H3,(H,41,46)(H,43,47). The van der Waals surface area contributed by atoms with Gasteiger partial charge in [0.05, 0.1) is 48.8 Å². The zero-order valence-corrected chi connectivity index (χ0v) is 28.0. The summed E-state index contributed by atoms with van der Waals surface area (Å²) in [7, 11) is 1.27. The highest BCUT2D eigenvalue weighted by molar-refractivity contribution is 6.31. The van der Waals surface area contributed by atoms with Crippen molar-refractivity contribution in [3.05, 3.63) is 112 Å². The lowest BCUT2D eigenvalue weighted by atomic mass is 9.88. The van der Waals surface area contributed by atoms with Gasteiger partial charge in [0.2, 0.25) is 5.60 Å². The van der Waals surface area contributed by atoms with Crippen LogP contribution in [0.1, 0.15) is 34.1 Å². The number of hydrogen-bond acceptors (Lipinski definition) is 9. The number of benzene rings is 3. The smallest absolute Gasteiger partial charge is 0.424 e. The van der Waals surface area contributed by atoms with Crippen molar-refractivity contribution in [1.82, 2.24) is 15.6 Å². The number of alkyl halides is 3. The summed E-state index contributed by atoms with van der Waals surface area (Å²) < 4.78 is 74.4. The Hall–Kier alpha value is -4.96. The summed E-state index contributed by atoms with van der Waals surface area (Å²) in [5, 5.41) is 35.0. The van der Waals surface area contributed by atoms with Crippen molar-refractivity contribution in [3.63, 3.8) is 0 Å². The minimum atomic E-state index is -5.46. The van der Waals surface area contributed by atoms with Gasteiger partial charge in [-0.25, -0.2) is 14.2 Å². The summed E-state index contributed by atoms with van der Waals surface area (Å²) in [5.41, 5.74) is -6.61. The lowest BCUT2D eigenvalue weighted by molar-refractivity contribution is -0.265. The first-order chi connectivity index (χ1) is 24.1. The molecule has 0 radical (unpaired) electrons. The first kappa shape index (κ1) is 38.8. The van der Waals surface area contributed by atoms with Crippen molar-refractivity contribution in [1.29, 1.82) is 0 Å². The van der Waals surface area contributed by atoms with Crippen molar-refractivity contribution in [3.8, 4) is 22.8 Å². The first-order valence-corrected chi connectivity index (χ1v) is 15.6. The van der Waals surface area contributed by atoms with E-state index in [0.29, 0.717) is 5.56 Å². The number of alkyl carbamates (subject to hydrolysis) is 1. The van der Waals surface area contributed by atoms with Crippen LogP contribution in [-0.2, 0) is 22.5 Å². The Morgan fingerprint density at radius 3 is 2.31 bits per heavy atom. The number of halogens is 5. The molecule has 5 N–H and O–H groups in total. The van der Waals surface area contributed by atoms with Crippen LogP contribution in [0.15, 0.2) is 78.9 Å². The topological polar surface area (TPSA) is 159 Å². The monoisotopic (exact) mass is 735 g/mol. The Labute approximate surface area is 294 Å². The summed E-state index contributed by atoms with van der Waals surface area (Å²) in [6, 6.07) is 17.6. The van der Waals surface area contributed by atoms with E-state index in [1.165, 1.54) is 44.4 Å². The Balaban J connectivity index is 1.74. The van der Waals surface area contributed by atoms with E-state index < -0.39 is 54.0 Å². The number of carbonyl (C=O) groups is 2. The number of nitrogens with one attached hydrogen (secondary N) is 2. The molecule has 0 aliphatic heterocycles. The van der Waals surface area contributed by atoms with Gasteiger partial charge in [-0.15, -0.1) is 0 Å². The molecule has 0 fully saturated rings. The molecule has 2 amide bonds. The van der Waals surface area contributed by atoms with Gasteiger partial charge in [-0.2, -0.15) is 13.2 Å². The lowest BCUT2D eigenvalue weighted by Crippen LogP contribution is -2.52. The van der Waals surface area contributed by atoms with Crippen LogP contribution in [0.5, 0.6) is 11.5 Å². The maximum atomic E-state index is 14.9. The van der Waals surface area contributed by atoms with E-state index in [2.05, 4.69) is 15.6 Å². The molecule has 1 aromatic heterocycles. The molecular formula is C35H34ClF4N3O8. The highest BCUT2D eigenvalue weighted by atomic mass is 35.5. The number of nitrogens with zero attached hydrogens (tertiary/aromatic N) is 1. The predicted molar refractivity (Wildman–Crippen MR) is 177 cm³/mol. The largest absolute Gasteiger partial charge is 0.493 e. The number of carbonyl (C=O) groups excluding carboxylic acids is 2. The Bertz CT molecular complexity index is 1850. The summed E-state index contributed by atoms with van der Waals surface area (Å²) >= 11 is 5.96. The molecule has 3 aromatic carbocycles. The number of aliphatic hydroxyl groups excluding tert-OH is 2. The molecule has 0 saturated heterocycles. The SMILES string of the molecule is COc1cc(C(=O)NCC(O)(c2cc(C(C)(CO)NC(=O)OCc3ccccc3)cc(-c3ccc(F)c(Cl)c3)n2)C(F)(F)F)ccc1OCCO. The molecule has 272 valence electrons. The molecule has 4 aromatic rings. The van der Waals surface area contributed by atoms with Crippen LogP contribution in [0.3, 0.4) is 0 Å². The number of pyridine rings is 1. The third-order valence-corrected chi connectivity index (χ3v) is 8.05. The fraction of sp³-hybridized carbons (Fsp3) is 0.286. The molecular weight excluding hydrogens is 702 g/mol. The van der Waals surface area contributed by atoms with Crippen molar-refractivity contribution >= 4 is 23.6 Å². The fourth-order valence-electron chi connectivity index (χ4n) is 4.78. The molecule has 0 aliphatic carbocycles. The van der Waals surface area contributed by atoms with Gasteiger partial charge >= 0.3 is 12.3 Å². The quantitative estimate of drug-likeness (QED) is 0.109. The van der Waals surface area contributed by atoms with Crippen LogP contribution >= 0.6 is 11.6 Å². The number of methoxy groups -OCH3 is 1. The van der Waals surface area contributed by atoms with Crippen molar-refractivity contribution in [2.75, 3.05) is 33.5 Å². The van der Waals surface area contributed by atoms with E-state index in [-0.39, 0.29) is 58.7 Å². The Morgan fingerprint density at radius 2 is 1.69 bits per heavy atom. The summed E-state index contributed by atoms with van der Waals surface area (Å²) in [6.45, 7) is -1.55. The van der Waals surface area contributed by atoms with Gasteiger partial charge in [-0.05, 0) is 66.6 Å². The van der Waals surface area contributed by atoms with Crippen LogP contribution in [-0.4, -0.2) is 72.0 Å². The average Bonchev–Trinajstić information content (AvgIpc) is 3.12. The molecule has 0 bridgehead atoms. The number of rotatable bonds is 14. The van der Waals surface area contributed by atoms with E-state index in [9.17, 15) is 37.4 Å². The van der Waals surface area contributed by atoms with Gasteiger partial charge in [-0.3, -0.25) is 4.79 Å². The van der Waals surface area contributed by atoms with Gasteiger partial charge in [0, 0.05) is 11.1 Å². The number of ether oxygens (including phenoxy) is 3. The second-order valence-electron chi connectivity index (χ2n) is 11.4. The summed E-state index contributed by atoms with van der Waals surface area (Å²) in [4.78, 5) is 30.0. The van der Waals surface area contributed by atoms with E-state index in [4.69, 9.17) is 30.9 Å². The first-order valence-electron chi connectivity index (χ1n) is 15.2. The summed E-state index contributed by atoms with van der Waals surface area (Å²) in [6.07, 6.45) is -6.48. The zero-order chi connectivity index (χ0) is 37.4. The molecule has 16 heteroatoms. The van der Waals surface area contributed by atoms with Crippen molar-refractivity contribution in [2.24, 2.45) is 0 Å². The number of hydrogen-bond donors (Lipinski definition) is 5. The fourth-order valence-corrected chi connectivity index (χ4v) is 4.96. The van der Waals surface area contributed by atoms with E-state index in [0.717, 1.165) is 18.2 Å². The molecule has 0 spiro atoms. The highest BCUT2D eigenvalue weighted by Crippen LogP contribution is 2.40. The molecule has 0 aliphatic rings. The summed E-state index contributed by atoms with van der Waals surface area (Å²) in [5.74, 6) is -1.64. The van der Waals surface area contributed by atoms with Gasteiger partial charge in [-0.1, -0.05) is 41.9 Å². The normalized spacial score (nSPS) is 13.8. The van der Waals surface area contributed by atoms with Crippen LogP contribution in [0, 0.1) is 5.82 Å². The minimum absolute atomic E-state index is 0.0283. The second-order valence-corrected chi connectivity index (χ2v) is 11.8. The van der Waals surface area contributed by atoms with Gasteiger partial charge in [0.1, 0.15) is 19.0 Å². The van der Waals surface area contributed by atoms with Crippen LogP contribution in [0.2, 0.25) is 5.02 Å². The third kappa shape index (κ3) is 9.24. The van der Waals surface area contributed by atoms with Gasteiger partial charge in [0.15, 0.2) is 11.5 Å². The maximum absolute atomic E-state index is 14.9.